The van der Waals surface area contributed by atoms with Gasteiger partial charge in [0.05, 0.1) is 26.4 Å². The van der Waals surface area contributed by atoms with E-state index in [1.807, 2.05) is 0 Å². The summed E-state index contributed by atoms with van der Waals surface area (Å²) >= 11 is 0. The van der Waals surface area contributed by atoms with Crippen molar-refractivity contribution in [2.45, 2.75) is 6.61 Å². The van der Waals surface area contributed by atoms with Crippen LogP contribution in [0.2, 0.25) is 0 Å². The van der Waals surface area contributed by atoms with Crippen molar-refractivity contribution >= 4 is 0 Å². The Morgan fingerprint density at radius 2 is 1.83 bits per heavy atom. The minimum atomic E-state index is -0.135. The van der Waals surface area contributed by atoms with Gasteiger partial charge in [0, 0.05) is 11.6 Å². The summed E-state index contributed by atoms with van der Waals surface area (Å²) in [6.07, 6.45) is 0. The normalized spacial score (nSPS) is 12.8. The van der Waals surface area contributed by atoms with E-state index in [-0.39, 0.29) is 26.6 Å². The fourth-order valence-electron chi connectivity index (χ4n) is 1.60. The number of rotatable bonds is 7. The minimum absolute atomic E-state index is 0.00802. The molecule has 1 aliphatic heterocycles. The molecule has 0 bridgehead atoms. The Morgan fingerprint density at radius 3 is 2.56 bits per heavy atom. The van der Waals surface area contributed by atoms with Gasteiger partial charge in [0.15, 0.2) is 11.5 Å². The first kappa shape index (κ1) is 12.9. The van der Waals surface area contributed by atoms with Crippen molar-refractivity contribution < 1.29 is 29.2 Å². The first-order chi connectivity index (χ1) is 8.85. The molecule has 1 aromatic carbocycles. The summed E-state index contributed by atoms with van der Waals surface area (Å²) in [5, 5.41) is 17.8. The molecule has 1 aromatic rings. The zero-order valence-corrected chi connectivity index (χ0v) is 9.92. The molecular weight excluding hydrogens is 240 g/mol. The van der Waals surface area contributed by atoms with Gasteiger partial charge in [-0.3, -0.25) is 0 Å². The van der Waals surface area contributed by atoms with E-state index < -0.39 is 0 Å². The maximum atomic E-state index is 9.25. The van der Waals surface area contributed by atoms with Gasteiger partial charge in [0.25, 0.3) is 0 Å². The highest BCUT2D eigenvalue weighted by Gasteiger charge is 2.17. The lowest BCUT2D eigenvalue weighted by molar-refractivity contribution is 0.0699. The Morgan fingerprint density at radius 1 is 1.06 bits per heavy atom. The van der Waals surface area contributed by atoms with E-state index in [0.717, 1.165) is 0 Å². The lowest BCUT2D eigenvalue weighted by atomic mass is 10.2. The SMILES string of the molecule is OCCOCCOc1cc2c(cc1CO)OCO2. The highest BCUT2D eigenvalue weighted by molar-refractivity contribution is 5.51. The zero-order valence-electron chi connectivity index (χ0n) is 9.92. The fraction of sp³-hybridized carbons (Fsp3) is 0.500. The van der Waals surface area contributed by atoms with Crippen LogP contribution in [0.5, 0.6) is 17.2 Å². The second-order valence-electron chi connectivity index (χ2n) is 3.66. The van der Waals surface area contributed by atoms with Gasteiger partial charge in [-0.15, -0.1) is 0 Å². The molecule has 18 heavy (non-hydrogen) atoms. The van der Waals surface area contributed by atoms with Gasteiger partial charge in [0.2, 0.25) is 6.79 Å². The highest BCUT2D eigenvalue weighted by atomic mass is 16.7. The molecule has 0 atom stereocenters. The van der Waals surface area contributed by atoms with Gasteiger partial charge in [-0.1, -0.05) is 0 Å². The molecular formula is C12H16O6. The van der Waals surface area contributed by atoms with E-state index in [9.17, 15) is 5.11 Å². The van der Waals surface area contributed by atoms with Crippen LogP contribution in [0.1, 0.15) is 5.56 Å². The summed E-state index contributed by atoms with van der Waals surface area (Å²) < 4.78 is 21.0. The zero-order chi connectivity index (χ0) is 12.8. The lowest BCUT2D eigenvalue weighted by Gasteiger charge is -2.11. The lowest BCUT2D eigenvalue weighted by Crippen LogP contribution is -2.10. The predicted octanol–water partition coefficient (Wildman–Crippen LogP) is 0.295. The third-order valence-electron chi connectivity index (χ3n) is 2.45. The average molecular weight is 256 g/mol. The van der Waals surface area contributed by atoms with Crippen LogP contribution in [-0.4, -0.2) is 43.4 Å². The molecule has 6 nitrogen and oxygen atoms in total. The van der Waals surface area contributed by atoms with Crippen molar-refractivity contribution in [3.8, 4) is 17.2 Å². The molecule has 0 radical (unpaired) electrons. The van der Waals surface area contributed by atoms with Crippen LogP contribution < -0.4 is 14.2 Å². The fourth-order valence-corrected chi connectivity index (χ4v) is 1.60. The Labute approximate surface area is 105 Å². The molecule has 100 valence electrons. The van der Waals surface area contributed by atoms with Gasteiger partial charge in [-0.05, 0) is 6.07 Å². The van der Waals surface area contributed by atoms with E-state index in [4.69, 9.17) is 24.1 Å². The van der Waals surface area contributed by atoms with Gasteiger partial charge in [-0.2, -0.15) is 0 Å². The summed E-state index contributed by atoms with van der Waals surface area (Å²) in [5.41, 5.74) is 0.640. The molecule has 0 fully saturated rings. The van der Waals surface area contributed by atoms with E-state index in [2.05, 4.69) is 0 Å². The monoisotopic (exact) mass is 256 g/mol. The molecule has 0 aromatic heterocycles. The van der Waals surface area contributed by atoms with Gasteiger partial charge in [-0.25, -0.2) is 0 Å². The summed E-state index contributed by atoms with van der Waals surface area (Å²) in [7, 11) is 0. The first-order valence-electron chi connectivity index (χ1n) is 5.70. The molecule has 6 heteroatoms. The number of hydrogen-bond donors (Lipinski definition) is 2. The van der Waals surface area contributed by atoms with E-state index in [1.54, 1.807) is 12.1 Å². The molecule has 0 aliphatic carbocycles. The molecule has 0 spiro atoms. The van der Waals surface area contributed by atoms with Crippen molar-refractivity contribution in [1.29, 1.82) is 0 Å². The van der Waals surface area contributed by atoms with Gasteiger partial charge >= 0.3 is 0 Å². The van der Waals surface area contributed by atoms with Crippen molar-refractivity contribution in [1.82, 2.24) is 0 Å². The smallest absolute Gasteiger partial charge is 0.231 e. The van der Waals surface area contributed by atoms with Crippen molar-refractivity contribution in [2.24, 2.45) is 0 Å². The number of fused-ring (bicyclic) bond motifs is 1. The minimum Gasteiger partial charge on any atom is -0.491 e. The van der Waals surface area contributed by atoms with Crippen LogP contribution in [-0.2, 0) is 11.3 Å². The van der Waals surface area contributed by atoms with Crippen LogP contribution in [0.4, 0.5) is 0 Å². The second-order valence-corrected chi connectivity index (χ2v) is 3.66. The molecule has 2 N–H and O–H groups in total. The van der Waals surface area contributed by atoms with Crippen molar-refractivity contribution in [3.05, 3.63) is 17.7 Å². The van der Waals surface area contributed by atoms with Crippen LogP contribution >= 0.6 is 0 Å². The summed E-state index contributed by atoms with van der Waals surface area (Å²) in [4.78, 5) is 0. The third-order valence-corrected chi connectivity index (χ3v) is 2.45. The molecule has 1 aliphatic rings. The molecule has 0 unspecified atom stereocenters. The number of hydrogen-bond acceptors (Lipinski definition) is 6. The third kappa shape index (κ3) is 3.04. The van der Waals surface area contributed by atoms with Gasteiger partial charge < -0.3 is 29.2 Å². The largest absolute Gasteiger partial charge is 0.491 e. The van der Waals surface area contributed by atoms with Crippen LogP contribution in [0.25, 0.3) is 0 Å². The van der Waals surface area contributed by atoms with Crippen LogP contribution in [0.15, 0.2) is 12.1 Å². The molecule has 2 rings (SSSR count). The Bertz CT molecular complexity index is 392. The highest BCUT2D eigenvalue weighted by Crippen LogP contribution is 2.38. The molecule has 0 saturated carbocycles. The average Bonchev–Trinajstić information content (AvgIpc) is 2.84. The number of benzene rings is 1. The van der Waals surface area contributed by atoms with E-state index in [1.165, 1.54) is 0 Å². The number of ether oxygens (including phenoxy) is 4. The molecule has 1 heterocycles. The van der Waals surface area contributed by atoms with Gasteiger partial charge in [0.1, 0.15) is 12.4 Å². The Balaban J connectivity index is 1.94. The maximum absolute atomic E-state index is 9.25. The molecule has 0 amide bonds. The second kappa shape index (κ2) is 6.44. The number of aliphatic hydroxyl groups is 2. The standard InChI is InChI=1S/C12H16O6/c13-1-2-15-3-4-16-10-6-12-11(17-8-18-12)5-9(10)7-14/h5-6,13-14H,1-4,7-8H2. The first-order valence-corrected chi connectivity index (χ1v) is 5.70. The summed E-state index contributed by atoms with van der Waals surface area (Å²) in [6.45, 7) is 1.04. The van der Waals surface area contributed by atoms with Crippen molar-refractivity contribution in [3.63, 3.8) is 0 Å². The molecule has 0 saturated heterocycles. The quantitative estimate of drug-likeness (QED) is 0.683. The summed E-state index contributed by atoms with van der Waals surface area (Å²) in [5.74, 6) is 1.77. The number of aliphatic hydroxyl groups excluding tert-OH is 2. The van der Waals surface area contributed by atoms with E-state index in [0.29, 0.717) is 36.0 Å². The van der Waals surface area contributed by atoms with Crippen LogP contribution in [0, 0.1) is 0 Å². The topological polar surface area (TPSA) is 77.4 Å². The van der Waals surface area contributed by atoms with Crippen LogP contribution in [0.3, 0.4) is 0 Å². The maximum Gasteiger partial charge on any atom is 0.231 e. The van der Waals surface area contributed by atoms with E-state index >= 15 is 0 Å². The Hall–Kier alpha value is -1.50. The predicted molar refractivity (Wildman–Crippen MR) is 61.9 cm³/mol. The summed E-state index contributed by atoms with van der Waals surface area (Å²) in [6, 6.07) is 3.40. The van der Waals surface area contributed by atoms with Crippen molar-refractivity contribution in [2.75, 3.05) is 33.2 Å². The Kier molecular flexibility index (Phi) is 4.63.